The Morgan fingerprint density at radius 3 is 2.53 bits per heavy atom. The monoisotopic (exact) mass is 536 g/mol. The number of aromatic nitrogens is 1. The van der Waals surface area contributed by atoms with Crippen molar-refractivity contribution in [1.82, 2.24) is 4.98 Å². The first-order chi connectivity index (χ1) is 17.9. The average molecular weight is 537 g/mol. The second-order valence-electron chi connectivity index (χ2n) is 9.88. The first-order valence-corrected chi connectivity index (χ1v) is 12.6. The fraction of sp³-hybridized carbons (Fsp3) is 0.464. The maximum atomic E-state index is 14.6. The lowest BCUT2D eigenvalue weighted by Crippen LogP contribution is -2.31. The second-order valence-corrected chi connectivity index (χ2v) is 9.88. The highest BCUT2D eigenvalue weighted by Crippen LogP contribution is 2.39. The van der Waals surface area contributed by atoms with Crippen molar-refractivity contribution in [3.05, 3.63) is 65.5 Å². The largest absolute Gasteiger partial charge is 0.417 e. The van der Waals surface area contributed by atoms with Crippen molar-refractivity contribution in [2.24, 2.45) is 28.5 Å². The summed E-state index contributed by atoms with van der Waals surface area (Å²) < 4.78 is 67.8. The number of Topliss-reactive ketones (excluding diaryl/α,β-unsaturated/α-hetero) is 1. The van der Waals surface area contributed by atoms with Gasteiger partial charge in [-0.3, -0.25) is 9.79 Å². The smallest absolute Gasteiger partial charge is 0.395 e. The van der Waals surface area contributed by atoms with Gasteiger partial charge in [0.25, 0.3) is 0 Å². The number of pyridine rings is 1. The van der Waals surface area contributed by atoms with Crippen LogP contribution in [0.3, 0.4) is 0 Å². The number of hydrogen-bond donors (Lipinski definition) is 2. The number of hydrogen-bond acceptors (Lipinski definition) is 5. The van der Waals surface area contributed by atoms with Gasteiger partial charge in [-0.1, -0.05) is 37.3 Å². The normalized spacial score (nSPS) is 23.2. The van der Waals surface area contributed by atoms with Crippen LogP contribution in [0.1, 0.15) is 50.2 Å². The number of allylic oxidation sites excluding steroid dienone is 2. The number of benzene rings is 1. The van der Waals surface area contributed by atoms with Crippen LogP contribution in [-0.2, 0) is 11.0 Å². The molecule has 10 heteroatoms. The summed E-state index contributed by atoms with van der Waals surface area (Å²) in [5.74, 6) is -4.43. The van der Waals surface area contributed by atoms with Crippen LogP contribution in [-0.4, -0.2) is 36.5 Å². The van der Waals surface area contributed by atoms with E-state index in [0.29, 0.717) is 12.0 Å². The van der Waals surface area contributed by atoms with E-state index in [-0.39, 0.29) is 55.4 Å². The number of anilines is 1. The highest BCUT2D eigenvalue weighted by atomic mass is 19.4. The Kier molecular flexibility index (Phi) is 9.62. The fourth-order valence-electron chi connectivity index (χ4n) is 4.89. The number of nitrogens with zero attached hydrogens (tertiary/aromatic N) is 2. The van der Waals surface area contributed by atoms with E-state index in [4.69, 9.17) is 5.73 Å². The molecule has 0 aliphatic heterocycles. The van der Waals surface area contributed by atoms with Crippen LogP contribution in [0.25, 0.3) is 5.57 Å². The second kappa shape index (κ2) is 12.5. The van der Waals surface area contributed by atoms with Gasteiger partial charge in [-0.05, 0) is 48.8 Å². The summed E-state index contributed by atoms with van der Waals surface area (Å²) in [5.41, 5.74) is 6.70. The quantitative estimate of drug-likeness (QED) is 0.237. The minimum atomic E-state index is -4.51. The Balaban J connectivity index is 1.86. The van der Waals surface area contributed by atoms with E-state index >= 15 is 0 Å². The van der Waals surface area contributed by atoms with Crippen molar-refractivity contribution in [3.63, 3.8) is 0 Å². The molecular weight excluding hydrogens is 503 g/mol. The zero-order chi connectivity index (χ0) is 27.9. The van der Waals surface area contributed by atoms with Crippen molar-refractivity contribution in [2.75, 3.05) is 18.9 Å². The number of nitrogens with two attached hydrogens (primary N) is 1. The van der Waals surface area contributed by atoms with Crippen LogP contribution in [0.4, 0.5) is 27.8 Å². The van der Waals surface area contributed by atoms with Crippen molar-refractivity contribution in [3.8, 4) is 0 Å². The molecule has 3 atom stereocenters. The van der Waals surface area contributed by atoms with E-state index in [1.807, 2.05) is 30.3 Å². The highest BCUT2D eigenvalue weighted by molar-refractivity contribution is 6.19. The van der Waals surface area contributed by atoms with E-state index in [0.717, 1.165) is 17.8 Å². The van der Waals surface area contributed by atoms with Crippen molar-refractivity contribution in [1.29, 1.82) is 0 Å². The minimum absolute atomic E-state index is 0.0292. The number of alkyl halides is 5. The van der Waals surface area contributed by atoms with Gasteiger partial charge < -0.3 is 11.1 Å². The molecule has 38 heavy (non-hydrogen) atoms. The predicted molar refractivity (Wildman–Crippen MR) is 139 cm³/mol. The number of ketones is 1. The van der Waals surface area contributed by atoms with Crippen LogP contribution < -0.4 is 11.1 Å². The Hall–Kier alpha value is -3.30. The third-order valence-corrected chi connectivity index (χ3v) is 7.01. The maximum absolute atomic E-state index is 14.6. The SMILES string of the molecule is CN=CC(=C(N)C(=O)C1CCCC(F)(F)C[C@@H](C)C(CNc2ccc(C(F)(F)F)cn2)C1)c1ccccc1. The van der Waals surface area contributed by atoms with Crippen LogP contribution in [0.2, 0.25) is 0 Å². The zero-order valence-electron chi connectivity index (χ0n) is 21.4. The lowest BCUT2D eigenvalue weighted by atomic mass is 9.80. The molecule has 1 aromatic carbocycles. The van der Waals surface area contributed by atoms with Gasteiger partial charge in [0.05, 0.1) is 11.3 Å². The number of aliphatic imine (C=N–C) groups is 1. The van der Waals surface area contributed by atoms with Crippen LogP contribution in [0.15, 0.2) is 59.4 Å². The van der Waals surface area contributed by atoms with E-state index < -0.39 is 29.5 Å². The molecular formula is C28H33F5N4O. The summed E-state index contributed by atoms with van der Waals surface area (Å²) in [6, 6.07) is 11.2. The predicted octanol–water partition coefficient (Wildman–Crippen LogP) is 6.62. The van der Waals surface area contributed by atoms with Gasteiger partial charge in [0.1, 0.15) is 5.82 Å². The fourth-order valence-corrected chi connectivity index (χ4v) is 4.89. The molecule has 2 aromatic rings. The van der Waals surface area contributed by atoms with Crippen LogP contribution >= 0.6 is 0 Å². The van der Waals surface area contributed by atoms with E-state index in [1.54, 1.807) is 14.0 Å². The molecule has 0 saturated heterocycles. The zero-order valence-corrected chi connectivity index (χ0v) is 21.4. The molecule has 206 valence electrons. The number of rotatable bonds is 7. The van der Waals surface area contributed by atoms with Gasteiger partial charge in [0.2, 0.25) is 5.92 Å². The molecule has 0 spiro atoms. The molecule has 0 bridgehead atoms. The Labute approximate surface area is 219 Å². The van der Waals surface area contributed by atoms with Crippen molar-refractivity contribution >= 4 is 23.4 Å². The number of halogens is 5. The summed E-state index contributed by atoms with van der Waals surface area (Å²) in [6.07, 6.45) is -2.21. The molecule has 1 fully saturated rings. The van der Waals surface area contributed by atoms with Gasteiger partial charge in [-0.25, -0.2) is 13.8 Å². The average Bonchev–Trinajstić information content (AvgIpc) is 2.92. The van der Waals surface area contributed by atoms with Crippen molar-refractivity contribution in [2.45, 2.75) is 51.1 Å². The molecule has 3 N–H and O–H groups in total. The summed E-state index contributed by atoms with van der Waals surface area (Å²) >= 11 is 0. The molecule has 3 rings (SSSR count). The first-order valence-electron chi connectivity index (χ1n) is 12.6. The van der Waals surface area contributed by atoms with Gasteiger partial charge in [-0.2, -0.15) is 13.2 Å². The molecule has 1 saturated carbocycles. The standard InChI is InChI=1S/C28H33F5N4O/c1-18-14-27(29,30)12-6-9-20(26(38)25(34)23(17-35-2)19-7-4-3-5-8-19)13-21(18)15-36-24-11-10-22(16-37-24)28(31,32)33/h3-5,7-8,10-11,16-18,20-21H,6,9,12-15,34H2,1-2H3,(H,36,37)/t18-,20?,21?/m1/s1. The summed E-state index contributed by atoms with van der Waals surface area (Å²) in [6.45, 7) is 1.89. The van der Waals surface area contributed by atoms with Gasteiger partial charge in [-0.15, -0.1) is 0 Å². The van der Waals surface area contributed by atoms with Gasteiger partial charge in [0.15, 0.2) is 5.78 Å². The summed E-state index contributed by atoms with van der Waals surface area (Å²) in [5, 5.41) is 2.98. The molecule has 1 heterocycles. The van der Waals surface area contributed by atoms with Gasteiger partial charge >= 0.3 is 6.18 Å². The topological polar surface area (TPSA) is 80.4 Å². The lowest BCUT2D eigenvalue weighted by Gasteiger charge is -2.29. The van der Waals surface area contributed by atoms with Crippen LogP contribution in [0, 0.1) is 17.8 Å². The highest BCUT2D eigenvalue weighted by Gasteiger charge is 2.38. The molecule has 2 unspecified atom stereocenters. The molecule has 0 radical (unpaired) electrons. The van der Waals surface area contributed by atoms with E-state index in [2.05, 4.69) is 15.3 Å². The maximum Gasteiger partial charge on any atom is 0.417 e. The molecule has 1 aliphatic carbocycles. The Morgan fingerprint density at radius 1 is 1.21 bits per heavy atom. The van der Waals surface area contributed by atoms with Crippen LogP contribution in [0.5, 0.6) is 0 Å². The Morgan fingerprint density at radius 2 is 1.92 bits per heavy atom. The molecule has 1 aliphatic rings. The molecule has 5 nitrogen and oxygen atoms in total. The minimum Gasteiger partial charge on any atom is -0.395 e. The lowest BCUT2D eigenvalue weighted by molar-refractivity contribution is -0.137. The van der Waals surface area contributed by atoms with E-state index in [9.17, 15) is 26.7 Å². The summed E-state index contributed by atoms with van der Waals surface area (Å²) in [7, 11) is 1.57. The first kappa shape index (κ1) is 29.3. The number of nitrogens with one attached hydrogen (secondary N) is 1. The third-order valence-electron chi connectivity index (χ3n) is 7.01. The molecule has 1 aromatic heterocycles. The Bertz CT molecular complexity index is 1130. The van der Waals surface area contributed by atoms with E-state index in [1.165, 1.54) is 12.3 Å². The third kappa shape index (κ3) is 7.85. The summed E-state index contributed by atoms with van der Waals surface area (Å²) in [4.78, 5) is 21.5. The van der Waals surface area contributed by atoms with Gasteiger partial charge in [0, 0.05) is 50.3 Å². The van der Waals surface area contributed by atoms with Crippen molar-refractivity contribution < 1.29 is 26.7 Å². The molecule has 0 amide bonds. The number of carbonyl (C=O) groups is 1. The number of carbonyl (C=O) groups excluding carboxylic acids is 1.